The van der Waals surface area contributed by atoms with E-state index in [4.69, 9.17) is 0 Å². The van der Waals surface area contributed by atoms with Crippen molar-refractivity contribution < 1.29 is 4.79 Å². The molecule has 142 valence electrons. The van der Waals surface area contributed by atoms with E-state index in [2.05, 4.69) is 40.0 Å². The lowest BCUT2D eigenvalue weighted by atomic mass is 10.2. The van der Waals surface area contributed by atoms with E-state index >= 15 is 0 Å². The van der Waals surface area contributed by atoms with E-state index in [-0.39, 0.29) is 36.4 Å². The van der Waals surface area contributed by atoms with Gasteiger partial charge in [-0.2, -0.15) is 0 Å². The first-order valence-electron chi connectivity index (χ1n) is 8.32. The molecule has 2 rings (SSSR count). The minimum Gasteiger partial charge on any atom is -0.356 e. The van der Waals surface area contributed by atoms with Crippen LogP contribution in [0.3, 0.4) is 0 Å². The molecule has 1 aromatic heterocycles. The van der Waals surface area contributed by atoms with Crippen molar-refractivity contribution in [3.8, 4) is 0 Å². The van der Waals surface area contributed by atoms with E-state index in [1.54, 1.807) is 30.3 Å². The molecule has 0 saturated carbocycles. The van der Waals surface area contributed by atoms with Crippen LogP contribution in [0.25, 0.3) is 0 Å². The fraction of sp³-hybridized carbons (Fsp3) is 0.368. The van der Waals surface area contributed by atoms with E-state index in [0.29, 0.717) is 0 Å². The van der Waals surface area contributed by atoms with Gasteiger partial charge in [0.15, 0.2) is 5.96 Å². The van der Waals surface area contributed by atoms with Gasteiger partial charge in [0.2, 0.25) is 5.91 Å². The Hall–Kier alpha value is -1.61. The number of guanidine groups is 1. The van der Waals surface area contributed by atoms with Gasteiger partial charge in [0, 0.05) is 39.1 Å². The van der Waals surface area contributed by atoms with E-state index in [0.717, 1.165) is 25.5 Å². The molecule has 1 aromatic carbocycles. The van der Waals surface area contributed by atoms with Crippen LogP contribution in [0.5, 0.6) is 0 Å². The molecule has 0 fully saturated rings. The molecule has 2 aromatic rings. The van der Waals surface area contributed by atoms with Gasteiger partial charge in [0.1, 0.15) is 6.54 Å². The summed E-state index contributed by atoms with van der Waals surface area (Å²) in [6, 6.07) is 14.4. The predicted octanol–water partition coefficient (Wildman–Crippen LogP) is 3.07. The minimum absolute atomic E-state index is 0. The third kappa shape index (κ3) is 7.74. The van der Waals surface area contributed by atoms with E-state index in [1.807, 2.05) is 30.1 Å². The largest absolute Gasteiger partial charge is 0.356 e. The van der Waals surface area contributed by atoms with Gasteiger partial charge < -0.3 is 15.1 Å². The maximum atomic E-state index is 11.9. The van der Waals surface area contributed by atoms with Crippen molar-refractivity contribution in [2.24, 2.45) is 4.99 Å². The number of carbonyl (C=O) groups excluding carboxylic acids is 1. The summed E-state index contributed by atoms with van der Waals surface area (Å²) in [6.45, 7) is 1.67. The summed E-state index contributed by atoms with van der Waals surface area (Å²) in [5, 5.41) is 5.47. The Morgan fingerprint density at radius 1 is 1.12 bits per heavy atom. The molecule has 26 heavy (non-hydrogen) atoms. The van der Waals surface area contributed by atoms with Crippen molar-refractivity contribution in [3.05, 3.63) is 58.3 Å². The summed E-state index contributed by atoms with van der Waals surface area (Å²) < 4.78 is 0. The molecule has 5 nitrogen and oxygen atoms in total. The summed E-state index contributed by atoms with van der Waals surface area (Å²) in [4.78, 5) is 21.3. The van der Waals surface area contributed by atoms with Crippen molar-refractivity contribution in [3.63, 3.8) is 0 Å². The van der Waals surface area contributed by atoms with Crippen molar-refractivity contribution in [2.45, 2.75) is 13.0 Å². The highest BCUT2D eigenvalue weighted by Gasteiger charge is 2.09. The molecule has 1 amide bonds. The first-order valence-corrected chi connectivity index (χ1v) is 9.20. The maximum absolute atomic E-state index is 11.9. The molecule has 1 N–H and O–H groups in total. The monoisotopic (exact) mass is 486 g/mol. The summed E-state index contributed by atoms with van der Waals surface area (Å²) in [7, 11) is 5.48. The van der Waals surface area contributed by atoms with Gasteiger partial charge in [-0.15, -0.1) is 35.3 Å². The number of hydrogen-bond donors (Lipinski definition) is 1. The highest BCUT2D eigenvalue weighted by Crippen LogP contribution is 2.08. The minimum atomic E-state index is -0.00864. The fourth-order valence-electron chi connectivity index (χ4n) is 2.28. The van der Waals surface area contributed by atoms with Crippen molar-refractivity contribution >= 4 is 47.2 Å². The van der Waals surface area contributed by atoms with Crippen LogP contribution in [0.15, 0.2) is 52.8 Å². The lowest BCUT2D eigenvalue weighted by Crippen LogP contribution is -2.40. The molecule has 0 unspecified atom stereocenters. The van der Waals surface area contributed by atoms with Crippen LogP contribution in [0.4, 0.5) is 0 Å². The molecule has 0 saturated heterocycles. The third-order valence-electron chi connectivity index (χ3n) is 3.72. The highest BCUT2D eigenvalue weighted by molar-refractivity contribution is 14.0. The number of likely N-dealkylation sites (N-methyl/N-ethyl adjacent to an activating group) is 1. The van der Waals surface area contributed by atoms with Crippen molar-refractivity contribution in [1.82, 2.24) is 15.1 Å². The Morgan fingerprint density at radius 2 is 1.85 bits per heavy atom. The lowest BCUT2D eigenvalue weighted by Gasteiger charge is -2.23. The first kappa shape index (κ1) is 22.4. The summed E-state index contributed by atoms with van der Waals surface area (Å²) in [6.07, 6.45) is 0.942. The topological polar surface area (TPSA) is 47.9 Å². The summed E-state index contributed by atoms with van der Waals surface area (Å²) in [5.74, 6) is 0.737. The van der Waals surface area contributed by atoms with Gasteiger partial charge in [-0.25, -0.2) is 4.99 Å². The van der Waals surface area contributed by atoms with Gasteiger partial charge in [0.25, 0.3) is 0 Å². The number of hydrogen-bond acceptors (Lipinski definition) is 3. The molecule has 0 radical (unpaired) electrons. The van der Waals surface area contributed by atoms with Gasteiger partial charge in [0.05, 0.1) is 0 Å². The number of nitrogens with one attached hydrogen (secondary N) is 1. The Balaban J connectivity index is 0.00000338. The van der Waals surface area contributed by atoms with Crippen LogP contribution < -0.4 is 5.32 Å². The molecule has 0 aliphatic carbocycles. The zero-order chi connectivity index (χ0) is 18.1. The molecule has 0 spiro atoms. The number of nitrogens with zero attached hydrogens (tertiary/aromatic N) is 3. The molecule has 0 bridgehead atoms. The zero-order valence-electron chi connectivity index (χ0n) is 15.5. The number of benzene rings is 1. The molecular formula is C19H27IN4OS. The van der Waals surface area contributed by atoms with E-state index < -0.39 is 0 Å². The van der Waals surface area contributed by atoms with Crippen LogP contribution in [-0.4, -0.2) is 55.9 Å². The first-order chi connectivity index (χ1) is 12.1. The zero-order valence-corrected chi connectivity index (χ0v) is 18.7. The smallest absolute Gasteiger partial charge is 0.243 e. The number of thiophene rings is 1. The number of carbonyl (C=O) groups is 1. The molecule has 0 atom stereocenters. The molecule has 0 aliphatic rings. The Labute approximate surface area is 177 Å². The van der Waals surface area contributed by atoms with Gasteiger partial charge >= 0.3 is 0 Å². The third-order valence-corrected chi connectivity index (χ3v) is 4.66. The standard InChI is InChI=1S/C19H26N4OS.HI/c1-22(2)18(24)14-21-19(20-12-11-17-10-7-13-25-17)23(3)15-16-8-5-4-6-9-16;/h4-10,13H,11-12,14-15H2,1-3H3,(H,20,21);1H. The number of aliphatic imine (C=N–C) groups is 1. The average Bonchev–Trinajstić information content (AvgIpc) is 3.11. The summed E-state index contributed by atoms with van der Waals surface area (Å²) >= 11 is 1.75. The number of rotatable bonds is 7. The van der Waals surface area contributed by atoms with E-state index in [1.165, 1.54) is 10.4 Å². The lowest BCUT2D eigenvalue weighted by molar-refractivity contribution is -0.127. The summed E-state index contributed by atoms with van der Waals surface area (Å²) in [5.41, 5.74) is 1.21. The highest BCUT2D eigenvalue weighted by atomic mass is 127. The normalized spacial score (nSPS) is 10.8. The van der Waals surface area contributed by atoms with Gasteiger partial charge in [-0.3, -0.25) is 4.79 Å². The van der Waals surface area contributed by atoms with Gasteiger partial charge in [-0.05, 0) is 23.4 Å². The molecule has 0 aliphatic heterocycles. The second-order valence-corrected chi connectivity index (χ2v) is 7.06. The van der Waals surface area contributed by atoms with Crippen LogP contribution in [0.1, 0.15) is 10.4 Å². The number of amides is 1. The Kier molecular flexibility index (Phi) is 10.3. The fourth-order valence-corrected chi connectivity index (χ4v) is 2.99. The Bertz CT molecular complexity index is 674. The second kappa shape index (κ2) is 11.9. The van der Waals surface area contributed by atoms with Crippen LogP contribution in [-0.2, 0) is 17.8 Å². The predicted molar refractivity (Wildman–Crippen MR) is 120 cm³/mol. The van der Waals surface area contributed by atoms with Crippen LogP contribution in [0, 0.1) is 0 Å². The Morgan fingerprint density at radius 3 is 2.46 bits per heavy atom. The van der Waals surface area contributed by atoms with E-state index in [9.17, 15) is 4.79 Å². The molecular weight excluding hydrogens is 459 g/mol. The average molecular weight is 486 g/mol. The SMILES string of the molecule is CN(C)C(=O)CN=C(NCCc1cccs1)N(C)Cc1ccccc1.I. The molecule has 1 heterocycles. The molecule has 7 heteroatoms. The number of halogens is 1. The van der Waals surface area contributed by atoms with Crippen molar-refractivity contribution in [2.75, 3.05) is 34.2 Å². The van der Waals surface area contributed by atoms with Gasteiger partial charge in [-0.1, -0.05) is 36.4 Å². The quantitative estimate of drug-likeness (QED) is 0.372. The maximum Gasteiger partial charge on any atom is 0.243 e. The van der Waals surface area contributed by atoms with Crippen molar-refractivity contribution in [1.29, 1.82) is 0 Å². The van der Waals surface area contributed by atoms with Crippen LogP contribution in [0.2, 0.25) is 0 Å². The second-order valence-electron chi connectivity index (χ2n) is 6.03. The van der Waals surface area contributed by atoms with Crippen LogP contribution >= 0.6 is 35.3 Å².